The van der Waals surface area contributed by atoms with Gasteiger partial charge in [-0.15, -0.1) is 0 Å². The third kappa shape index (κ3) is 3.82. The second kappa shape index (κ2) is 5.64. The average molecular weight is 206 g/mol. The monoisotopic (exact) mass is 206 g/mol. The molecule has 0 aliphatic carbocycles. The summed E-state index contributed by atoms with van der Waals surface area (Å²) < 4.78 is 0. The molecule has 1 aromatic rings. The minimum atomic E-state index is 0.764. The van der Waals surface area contributed by atoms with Gasteiger partial charge in [0.2, 0.25) is 0 Å². The highest BCUT2D eigenvalue weighted by Gasteiger charge is 2.02. The van der Waals surface area contributed by atoms with Crippen LogP contribution >= 0.6 is 0 Å². The van der Waals surface area contributed by atoms with Gasteiger partial charge >= 0.3 is 0 Å². The van der Waals surface area contributed by atoms with Crippen molar-refractivity contribution in [1.29, 1.82) is 0 Å². The molecule has 84 valence electrons. The average Bonchev–Trinajstić information content (AvgIpc) is 2.26. The van der Waals surface area contributed by atoms with Gasteiger partial charge in [-0.05, 0) is 30.5 Å². The SMILES string of the molecule is CNc1cccc(N(C)CCC(C)C)c1. The maximum atomic E-state index is 3.16. The van der Waals surface area contributed by atoms with Gasteiger partial charge in [0, 0.05) is 32.0 Å². The molecular weight excluding hydrogens is 184 g/mol. The molecule has 2 heteroatoms. The van der Waals surface area contributed by atoms with E-state index in [4.69, 9.17) is 0 Å². The molecule has 1 N–H and O–H groups in total. The molecule has 0 unspecified atom stereocenters. The van der Waals surface area contributed by atoms with Gasteiger partial charge in [-0.25, -0.2) is 0 Å². The lowest BCUT2D eigenvalue weighted by molar-refractivity contribution is 0.585. The zero-order valence-corrected chi connectivity index (χ0v) is 10.2. The molecule has 0 spiro atoms. The zero-order valence-electron chi connectivity index (χ0n) is 10.2. The molecule has 0 heterocycles. The van der Waals surface area contributed by atoms with Gasteiger partial charge in [-0.1, -0.05) is 19.9 Å². The number of benzene rings is 1. The van der Waals surface area contributed by atoms with E-state index in [-0.39, 0.29) is 0 Å². The molecule has 0 aliphatic rings. The number of hydrogen-bond acceptors (Lipinski definition) is 2. The van der Waals surface area contributed by atoms with Crippen LogP contribution in [0, 0.1) is 5.92 Å². The van der Waals surface area contributed by atoms with E-state index >= 15 is 0 Å². The number of rotatable bonds is 5. The fourth-order valence-corrected chi connectivity index (χ4v) is 1.48. The summed E-state index contributed by atoms with van der Waals surface area (Å²) in [6.45, 7) is 5.64. The summed E-state index contributed by atoms with van der Waals surface area (Å²) in [5, 5.41) is 3.16. The largest absolute Gasteiger partial charge is 0.388 e. The van der Waals surface area contributed by atoms with Gasteiger partial charge in [-0.3, -0.25) is 0 Å². The number of nitrogens with zero attached hydrogens (tertiary/aromatic N) is 1. The summed E-state index contributed by atoms with van der Waals surface area (Å²) in [5.41, 5.74) is 2.45. The van der Waals surface area contributed by atoms with Crippen LogP contribution in [0.1, 0.15) is 20.3 Å². The number of anilines is 2. The van der Waals surface area contributed by atoms with Gasteiger partial charge < -0.3 is 10.2 Å². The summed E-state index contributed by atoms with van der Waals surface area (Å²) in [4.78, 5) is 2.31. The molecule has 0 saturated carbocycles. The highest BCUT2D eigenvalue weighted by Crippen LogP contribution is 2.18. The summed E-state index contributed by atoms with van der Waals surface area (Å²) in [7, 11) is 4.10. The topological polar surface area (TPSA) is 15.3 Å². The number of hydrogen-bond donors (Lipinski definition) is 1. The summed E-state index contributed by atoms with van der Waals surface area (Å²) >= 11 is 0. The second-order valence-corrected chi connectivity index (χ2v) is 4.40. The fraction of sp³-hybridized carbons (Fsp3) is 0.538. The molecule has 1 aromatic carbocycles. The van der Waals surface area contributed by atoms with Gasteiger partial charge in [0.1, 0.15) is 0 Å². The lowest BCUT2D eigenvalue weighted by atomic mass is 10.1. The van der Waals surface area contributed by atoms with Crippen LogP contribution in [0.3, 0.4) is 0 Å². The van der Waals surface area contributed by atoms with Gasteiger partial charge in [0.15, 0.2) is 0 Å². The summed E-state index contributed by atoms with van der Waals surface area (Å²) in [5.74, 6) is 0.764. The molecule has 0 aromatic heterocycles. The van der Waals surface area contributed by atoms with Crippen molar-refractivity contribution in [3.8, 4) is 0 Å². The summed E-state index contributed by atoms with van der Waals surface area (Å²) in [6.07, 6.45) is 1.24. The van der Waals surface area contributed by atoms with E-state index in [1.807, 2.05) is 7.05 Å². The quantitative estimate of drug-likeness (QED) is 0.796. The minimum Gasteiger partial charge on any atom is -0.388 e. The highest BCUT2D eigenvalue weighted by molar-refractivity contribution is 5.57. The Labute approximate surface area is 93.3 Å². The first-order valence-electron chi connectivity index (χ1n) is 5.62. The Bertz CT molecular complexity index is 294. The molecule has 2 nitrogen and oxygen atoms in total. The smallest absolute Gasteiger partial charge is 0.0384 e. The second-order valence-electron chi connectivity index (χ2n) is 4.40. The van der Waals surface area contributed by atoms with Gasteiger partial charge in [-0.2, -0.15) is 0 Å². The fourth-order valence-electron chi connectivity index (χ4n) is 1.48. The Balaban J connectivity index is 2.60. The molecule has 0 bridgehead atoms. The van der Waals surface area contributed by atoms with Crippen molar-refractivity contribution in [2.75, 3.05) is 30.9 Å². The predicted molar refractivity (Wildman–Crippen MR) is 68.7 cm³/mol. The molecule has 0 fully saturated rings. The first-order valence-corrected chi connectivity index (χ1v) is 5.62. The van der Waals surface area contributed by atoms with Crippen molar-refractivity contribution >= 4 is 11.4 Å². The minimum absolute atomic E-state index is 0.764. The lowest BCUT2D eigenvalue weighted by Crippen LogP contribution is -2.19. The first kappa shape index (κ1) is 11.9. The van der Waals surface area contributed by atoms with Crippen LogP contribution in [0.2, 0.25) is 0 Å². The van der Waals surface area contributed by atoms with E-state index in [0.29, 0.717) is 0 Å². The van der Waals surface area contributed by atoms with Crippen molar-refractivity contribution in [3.63, 3.8) is 0 Å². The molecule has 1 rings (SSSR count). The van der Waals surface area contributed by atoms with Crippen LogP contribution < -0.4 is 10.2 Å². The van der Waals surface area contributed by atoms with Gasteiger partial charge in [0.25, 0.3) is 0 Å². The molecule has 0 atom stereocenters. The van der Waals surface area contributed by atoms with E-state index in [9.17, 15) is 0 Å². The Morgan fingerprint density at radius 3 is 2.67 bits per heavy atom. The lowest BCUT2D eigenvalue weighted by Gasteiger charge is -2.21. The third-order valence-corrected chi connectivity index (χ3v) is 2.62. The van der Waals surface area contributed by atoms with Crippen LogP contribution in [0.5, 0.6) is 0 Å². The maximum Gasteiger partial charge on any atom is 0.0384 e. The van der Waals surface area contributed by atoms with Crippen LogP contribution in [0.25, 0.3) is 0 Å². The van der Waals surface area contributed by atoms with Crippen LogP contribution in [-0.4, -0.2) is 20.6 Å². The van der Waals surface area contributed by atoms with Crippen molar-refractivity contribution in [3.05, 3.63) is 24.3 Å². The van der Waals surface area contributed by atoms with Crippen molar-refractivity contribution < 1.29 is 0 Å². The van der Waals surface area contributed by atoms with E-state index in [2.05, 4.69) is 55.4 Å². The van der Waals surface area contributed by atoms with E-state index in [1.165, 1.54) is 17.8 Å². The van der Waals surface area contributed by atoms with Crippen molar-refractivity contribution in [2.24, 2.45) is 5.92 Å². The maximum absolute atomic E-state index is 3.16. The molecule has 15 heavy (non-hydrogen) atoms. The molecular formula is C13H22N2. The normalized spacial score (nSPS) is 10.5. The highest BCUT2D eigenvalue weighted by atomic mass is 15.1. The molecule has 0 amide bonds. The van der Waals surface area contributed by atoms with Crippen molar-refractivity contribution in [1.82, 2.24) is 0 Å². The Hall–Kier alpha value is -1.18. The predicted octanol–water partition coefficient (Wildman–Crippen LogP) is 3.21. The number of nitrogens with one attached hydrogen (secondary N) is 1. The molecule has 0 radical (unpaired) electrons. The Morgan fingerprint density at radius 1 is 1.33 bits per heavy atom. The zero-order chi connectivity index (χ0) is 11.3. The third-order valence-electron chi connectivity index (χ3n) is 2.62. The molecule has 0 saturated heterocycles. The van der Waals surface area contributed by atoms with Crippen LogP contribution in [0.15, 0.2) is 24.3 Å². The first-order chi connectivity index (χ1) is 7.13. The van der Waals surface area contributed by atoms with E-state index < -0.39 is 0 Å². The summed E-state index contributed by atoms with van der Waals surface area (Å²) in [6, 6.07) is 8.51. The van der Waals surface area contributed by atoms with E-state index in [0.717, 1.165) is 12.5 Å². The Morgan fingerprint density at radius 2 is 2.07 bits per heavy atom. The van der Waals surface area contributed by atoms with E-state index in [1.54, 1.807) is 0 Å². The Kier molecular flexibility index (Phi) is 4.47. The van der Waals surface area contributed by atoms with Gasteiger partial charge in [0.05, 0.1) is 0 Å². The van der Waals surface area contributed by atoms with Crippen LogP contribution in [-0.2, 0) is 0 Å². The standard InChI is InChI=1S/C13H22N2/c1-11(2)8-9-15(4)13-7-5-6-12(10-13)14-3/h5-7,10-11,14H,8-9H2,1-4H3. The molecule has 0 aliphatic heterocycles. The van der Waals surface area contributed by atoms with Crippen molar-refractivity contribution in [2.45, 2.75) is 20.3 Å². The van der Waals surface area contributed by atoms with Crippen LogP contribution in [0.4, 0.5) is 11.4 Å².